The Morgan fingerprint density at radius 2 is 2.04 bits per heavy atom. The second-order valence-electron chi connectivity index (χ2n) is 6.99. The van der Waals surface area contributed by atoms with E-state index in [1.54, 1.807) is 6.92 Å². The number of hydrogen-bond acceptors (Lipinski definition) is 5. The second-order valence-corrected chi connectivity index (χ2v) is 8.90. The van der Waals surface area contributed by atoms with Crippen LogP contribution in [-0.2, 0) is 10.0 Å². The van der Waals surface area contributed by atoms with Crippen LogP contribution in [0.2, 0.25) is 0 Å². The summed E-state index contributed by atoms with van der Waals surface area (Å²) in [6.45, 7) is 4.86. The smallest absolute Gasteiger partial charge is 0.287 e. The molecule has 1 aliphatic heterocycles. The molecular weight excluding hydrogens is 330 g/mol. The Morgan fingerprint density at radius 3 is 2.58 bits per heavy atom. The average molecular weight is 355 g/mol. The van der Waals surface area contributed by atoms with Crippen molar-refractivity contribution in [2.75, 3.05) is 19.6 Å². The molecule has 2 aliphatic rings. The third-order valence-corrected chi connectivity index (χ3v) is 7.09. The van der Waals surface area contributed by atoms with Gasteiger partial charge in [0.1, 0.15) is 10.7 Å². The first kappa shape index (κ1) is 17.4. The van der Waals surface area contributed by atoms with Crippen molar-refractivity contribution in [1.82, 2.24) is 9.62 Å². The molecule has 0 aromatic carbocycles. The summed E-state index contributed by atoms with van der Waals surface area (Å²) >= 11 is 0. The van der Waals surface area contributed by atoms with Gasteiger partial charge in [0.25, 0.3) is 5.91 Å². The third-order valence-electron chi connectivity index (χ3n) is 5.08. The maximum atomic E-state index is 12.7. The molecule has 2 heterocycles. The number of sulfonamides is 1. The number of amides is 1. The number of nitrogens with zero attached hydrogens (tertiary/aromatic N) is 1. The molecule has 1 aromatic rings. The highest BCUT2D eigenvalue weighted by Gasteiger charge is 2.42. The topological polar surface area (TPSA) is 106 Å². The molecule has 1 amide bonds. The third kappa shape index (κ3) is 3.10. The molecule has 1 unspecified atom stereocenters. The molecule has 134 valence electrons. The van der Waals surface area contributed by atoms with Crippen LogP contribution in [0.4, 0.5) is 0 Å². The number of carbonyl (C=O) groups is 1. The lowest BCUT2D eigenvalue weighted by Gasteiger charge is -2.28. The van der Waals surface area contributed by atoms with E-state index in [9.17, 15) is 13.2 Å². The van der Waals surface area contributed by atoms with Crippen LogP contribution in [0.15, 0.2) is 15.4 Å². The molecule has 1 aromatic heterocycles. The monoisotopic (exact) mass is 355 g/mol. The Bertz CT molecular complexity index is 733. The van der Waals surface area contributed by atoms with E-state index >= 15 is 0 Å². The average Bonchev–Trinajstić information content (AvgIpc) is 3.09. The number of furan rings is 1. The fourth-order valence-corrected chi connectivity index (χ4v) is 4.94. The Balaban J connectivity index is 1.82. The predicted molar refractivity (Wildman–Crippen MR) is 89.1 cm³/mol. The highest BCUT2D eigenvalue weighted by molar-refractivity contribution is 7.89. The van der Waals surface area contributed by atoms with Crippen LogP contribution in [0, 0.1) is 12.8 Å². The molecule has 1 saturated heterocycles. The SMILES string of the molecule is Cc1oc(C(=O)NC(C)(CN)C2CC2)cc1S(=O)(=O)N1CCCC1. The minimum absolute atomic E-state index is 0.0191. The molecule has 2 fully saturated rings. The first-order chi connectivity index (χ1) is 11.3. The number of hydrogen-bond donors (Lipinski definition) is 2. The fourth-order valence-electron chi connectivity index (χ4n) is 3.26. The highest BCUT2D eigenvalue weighted by atomic mass is 32.2. The van der Waals surface area contributed by atoms with Gasteiger partial charge in [-0.25, -0.2) is 8.42 Å². The van der Waals surface area contributed by atoms with Crippen molar-refractivity contribution in [3.05, 3.63) is 17.6 Å². The largest absolute Gasteiger partial charge is 0.455 e. The van der Waals surface area contributed by atoms with Gasteiger partial charge in [-0.05, 0) is 45.4 Å². The summed E-state index contributed by atoms with van der Waals surface area (Å²) < 4.78 is 32.2. The Labute approximate surface area is 142 Å². The molecule has 7 nitrogen and oxygen atoms in total. The molecular formula is C16H25N3O4S. The van der Waals surface area contributed by atoms with Gasteiger partial charge in [-0.1, -0.05) is 0 Å². The molecule has 0 spiro atoms. The fraction of sp³-hybridized carbons (Fsp3) is 0.688. The normalized spacial score (nSPS) is 21.6. The number of aryl methyl sites for hydroxylation is 1. The van der Waals surface area contributed by atoms with Crippen molar-refractivity contribution in [3.8, 4) is 0 Å². The van der Waals surface area contributed by atoms with Crippen molar-refractivity contribution < 1.29 is 17.6 Å². The van der Waals surface area contributed by atoms with Crippen LogP contribution >= 0.6 is 0 Å². The van der Waals surface area contributed by atoms with Crippen LogP contribution in [0.1, 0.15) is 48.9 Å². The van der Waals surface area contributed by atoms with Crippen molar-refractivity contribution in [3.63, 3.8) is 0 Å². The lowest BCUT2D eigenvalue weighted by Crippen LogP contribution is -2.53. The van der Waals surface area contributed by atoms with Crippen molar-refractivity contribution in [1.29, 1.82) is 0 Å². The quantitative estimate of drug-likeness (QED) is 0.798. The lowest BCUT2D eigenvalue weighted by molar-refractivity contribution is 0.0868. The molecule has 1 aliphatic carbocycles. The number of nitrogens with one attached hydrogen (secondary N) is 1. The molecule has 1 saturated carbocycles. The van der Waals surface area contributed by atoms with Crippen LogP contribution in [0.25, 0.3) is 0 Å². The molecule has 0 bridgehead atoms. The van der Waals surface area contributed by atoms with Gasteiger partial charge in [-0.2, -0.15) is 4.31 Å². The highest BCUT2D eigenvalue weighted by Crippen LogP contribution is 2.39. The zero-order chi connectivity index (χ0) is 17.5. The van der Waals surface area contributed by atoms with Crippen molar-refractivity contribution >= 4 is 15.9 Å². The van der Waals surface area contributed by atoms with E-state index in [1.165, 1.54) is 10.4 Å². The molecule has 0 radical (unpaired) electrons. The maximum absolute atomic E-state index is 12.7. The maximum Gasteiger partial charge on any atom is 0.287 e. The molecule has 24 heavy (non-hydrogen) atoms. The minimum atomic E-state index is -3.60. The van der Waals surface area contributed by atoms with Gasteiger partial charge in [0.05, 0.1) is 5.54 Å². The lowest BCUT2D eigenvalue weighted by atomic mass is 9.96. The summed E-state index contributed by atoms with van der Waals surface area (Å²) in [6.07, 6.45) is 3.80. The Morgan fingerprint density at radius 1 is 1.42 bits per heavy atom. The first-order valence-electron chi connectivity index (χ1n) is 8.41. The Hall–Kier alpha value is -1.38. The summed E-state index contributed by atoms with van der Waals surface area (Å²) in [7, 11) is -3.60. The van der Waals surface area contributed by atoms with Crippen LogP contribution in [0.3, 0.4) is 0 Å². The van der Waals surface area contributed by atoms with Crippen molar-refractivity contribution in [2.45, 2.75) is 50.0 Å². The summed E-state index contributed by atoms with van der Waals surface area (Å²) in [5.74, 6) is 0.217. The van der Waals surface area contributed by atoms with Crippen LogP contribution in [0.5, 0.6) is 0 Å². The van der Waals surface area contributed by atoms with Gasteiger partial charge in [-0.3, -0.25) is 4.79 Å². The summed E-state index contributed by atoms with van der Waals surface area (Å²) in [5, 5.41) is 2.92. The van der Waals surface area contributed by atoms with Gasteiger partial charge in [0.15, 0.2) is 5.76 Å². The van der Waals surface area contributed by atoms with E-state index in [0.29, 0.717) is 25.6 Å². The Kier molecular flexibility index (Phi) is 4.48. The molecule has 3 rings (SSSR count). The summed E-state index contributed by atoms with van der Waals surface area (Å²) in [6, 6.07) is 1.34. The van der Waals surface area contributed by atoms with E-state index < -0.39 is 21.5 Å². The second kappa shape index (κ2) is 6.16. The van der Waals surface area contributed by atoms with Crippen LogP contribution in [-0.4, -0.2) is 43.8 Å². The van der Waals surface area contributed by atoms with Gasteiger partial charge in [0, 0.05) is 25.7 Å². The molecule has 8 heteroatoms. The zero-order valence-electron chi connectivity index (χ0n) is 14.2. The van der Waals surface area contributed by atoms with Gasteiger partial charge in [0.2, 0.25) is 10.0 Å². The van der Waals surface area contributed by atoms with E-state index in [2.05, 4.69) is 5.32 Å². The minimum Gasteiger partial charge on any atom is -0.455 e. The number of nitrogens with two attached hydrogens (primary N) is 1. The number of rotatable bonds is 6. The zero-order valence-corrected chi connectivity index (χ0v) is 15.0. The number of carbonyl (C=O) groups excluding carboxylic acids is 1. The molecule has 3 N–H and O–H groups in total. The standard InChI is InChI=1S/C16H25N3O4S/c1-11-14(24(21,22)19-7-3-4-8-19)9-13(23-11)15(20)18-16(2,10-17)12-5-6-12/h9,12H,3-8,10,17H2,1-2H3,(H,18,20). The van der Waals surface area contributed by atoms with Gasteiger partial charge < -0.3 is 15.5 Å². The summed E-state index contributed by atoms with van der Waals surface area (Å²) in [5.41, 5.74) is 5.33. The van der Waals surface area contributed by atoms with E-state index in [4.69, 9.17) is 10.2 Å². The van der Waals surface area contributed by atoms with Gasteiger partial charge in [-0.15, -0.1) is 0 Å². The van der Waals surface area contributed by atoms with Gasteiger partial charge >= 0.3 is 0 Å². The van der Waals surface area contributed by atoms with E-state index in [1.807, 2.05) is 6.92 Å². The van der Waals surface area contributed by atoms with Crippen LogP contribution < -0.4 is 11.1 Å². The van der Waals surface area contributed by atoms with Crippen molar-refractivity contribution in [2.24, 2.45) is 11.7 Å². The predicted octanol–water partition coefficient (Wildman–Crippen LogP) is 1.23. The van der Waals surface area contributed by atoms with E-state index in [0.717, 1.165) is 25.7 Å². The van der Waals surface area contributed by atoms with E-state index in [-0.39, 0.29) is 16.4 Å². The summed E-state index contributed by atoms with van der Waals surface area (Å²) in [4.78, 5) is 12.6. The molecule has 1 atom stereocenters. The first-order valence-corrected chi connectivity index (χ1v) is 9.85.